The average molecular weight is 367 g/mol. The van der Waals surface area contributed by atoms with Crippen molar-refractivity contribution in [2.45, 2.75) is 13.0 Å². The van der Waals surface area contributed by atoms with Crippen molar-refractivity contribution in [3.8, 4) is 11.5 Å². The molecule has 140 valence electrons. The molecule has 0 N–H and O–H groups in total. The van der Waals surface area contributed by atoms with E-state index in [9.17, 15) is 9.59 Å². The van der Waals surface area contributed by atoms with Crippen molar-refractivity contribution in [1.29, 1.82) is 0 Å². The second kappa shape index (κ2) is 7.95. The molecule has 1 aromatic heterocycles. The summed E-state index contributed by atoms with van der Waals surface area (Å²) in [6.45, 7) is 1.84. The van der Waals surface area contributed by atoms with Gasteiger partial charge in [0.2, 0.25) is 0 Å². The summed E-state index contributed by atoms with van der Waals surface area (Å²) < 4.78 is 15.9. The predicted octanol–water partition coefficient (Wildman–Crippen LogP) is 3.40. The summed E-state index contributed by atoms with van der Waals surface area (Å²) >= 11 is 0. The number of hydrogen-bond acceptors (Lipinski definition) is 5. The average Bonchev–Trinajstić information content (AvgIpc) is 2.70. The molecule has 1 atom stereocenters. The highest BCUT2D eigenvalue weighted by atomic mass is 16.5. The standard InChI is InChI=1S/C21H21NO5/c1-14(15-4-8-17(25-3)9-5-15)22(2)20(23)13-26-18-10-6-16-7-11-21(24)27-19(16)12-18/h4-12,14H,13H2,1-3H3. The highest BCUT2D eigenvalue weighted by molar-refractivity contribution is 5.79. The van der Waals surface area contributed by atoms with Crippen molar-refractivity contribution in [3.63, 3.8) is 0 Å². The number of carbonyl (C=O) groups excluding carboxylic acids is 1. The Morgan fingerprint density at radius 3 is 2.44 bits per heavy atom. The third-order valence-corrected chi connectivity index (χ3v) is 4.53. The molecule has 2 aromatic carbocycles. The summed E-state index contributed by atoms with van der Waals surface area (Å²) in [5, 5.41) is 0.790. The third kappa shape index (κ3) is 4.28. The van der Waals surface area contributed by atoms with Crippen molar-refractivity contribution < 1.29 is 18.7 Å². The molecule has 1 heterocycles. The highest BCUT2D eigenvalue weighted by Gasteiger charge is 2.18. The van der Waals surface area contributed by atoms with Crippen molar-refractivity contribution in [3.05, 3.63) is 70.6 Å². The van der Waals surface area contributed by atoms with Crippen LogP contribution in [0.2, 0.25) is 0 Å². The number of ether oxygens (including phenoxy) is 2. The topological polar surface area (TPSA) is 69.0 Å². The van der Waals surface area contributed by atoms with E-state index in [2.05, 4.69) is 0 Å². The van der Waals surface area contributed by atoms with Gasteiger partial charge in [-0.1, -0.05) is 12.1 Å². The van der Waals surface area contributed by atoms with Crippen molar-refractivity contribution in [2.75, 3.05) is 20.8 Å². The van der Waals surface area contributed by atoms with Crippen LogP contribution in [0.25, 0.3) is 11.0 Å². The van der Waals surface area contributed by atoms with E-state index in [1.54, 1.807) is 43.3 Å². The monoisotopic (exact) mass is 367 g/mol. The van der Waals surface area contributed by atoms with E-state index in [0.29, 0.717) is 11.3 Å². The second-order valence-electron chi connectivity index (χ2n) is 6.20. The fourth-order valence-corrected chi connectivity index (χ4v) is 2.70. The molecule has 0 aliphatic heterocycles. The molecular weight excluding hydrogens is 346 g/mol. The summed E-state index contributed by atoms with van der Waals surface area (Å²) in [7, 11) is 3.35. The largest absolute Gasteiger partial charge is 0.497 e. The Morgan fingerprint density at radius 1 is 1.07 bits per heavy atom. The van der Waals surface area contributed by atoms with Crippen LogP contribution in [-0.2, 0) is 4.79 Å². The summed E-state index contributed by atoms with van der Waals surface area (Å²) in [6, 6.07) is 15.6. The quantitative estimate of drug-likeness (QED) is 0.625. The molecule has 0 saturated heterocycles. The lowest BCUT2D eigenvalue weighted by Gasteiger charge is -2.25. The Hall–Kier alpha value is -3.28. The second-order valence-corrected chi connectivity index (χ2v) is 6.20. The van der Waals surface area contributed by atoms with E-state index in [-0.39, 0.29) is 18.6 Å². The number of benzene rings is 2. The number of nitrogens with zero attached hydrogens (tertiary/aromatic N) is 1. The van der Waals surface area contributed by atoms with E-state index < -0.39 is 5.63 Å². The lowest BCUT2D eigenvalue weighted by atomic mass is 10.1. The number of rotatable bonds is 6. The van der Waals surface area contributed by atoms with Crippen LogP contribution in [-0.4, -0.2) is 31.6 Å². The van der Waals surface area contributed by atoms with Crippen molar-refractivity contribution >= 4 is 16.9 Å². The molecule has 0 aliphatic carbocycles. The van der Waals surface area contributed by atoms with Crippen LogP contribution < -0.4 is 15.1 Å². The predicted molar refractivity (Wildman–Crippen MR) is 102 cm³/mol. The minimum atomic E-state index is -0.427. The summed E-state index contributed by atoms with van der Waals surface area (Å²) in [5.41, 5.74) is 0.996. The molecule has 1 unspecified atom stereocenters. The van der Waals surface area contributed by atoms with Gasteiger partial charge in [-0.05, 0) is 42.8 Å². The lowest BCUT2D eigenvalue weighted by molar-refractivity contribution is -0.134. The number of amides is 1. The van der Waals surface area contributed by atoms with Gasteiger partial charge in [0.05, 0.1) is 13.2 Å². The Kier molecular flexibility index (Phi) is 5.45. The molecule has 0 fully saturated rings. The molecular formula is C21H21NO5. The zero-order chi connectivity index (χ0) is 19.4. The first kappa shape index (κ1) is 18.5. The van der Waals surface area contributed by atoms with E-state index >= 15 is 0 Å². The molecule has 3 rings (SSSR count). The van der Waals surface area contributed by atoms with Crippen molar-refractivity contribution in [2.24, 2.45) is 0 Å². The molecule has 6 nitrogen and oxygen atoms in total. The first-order valence-electron chi connectivity index (χ1n) is 8.54. The third-order valence-electron chi connectivity index (χ3n) is 4.53. The number of carbonyl (C=O) groups is 1. The fraction of sp³-hybridized carbons (Fsp3) is 0.238. The molecule has 0 aliphatic rings. The zero-order valence-electron chi connectivity index (χ0n) is 15.5. The van der Waals surface area contributed by atoms with Gasteiger partial charge in [-0.3, -0.25) is 4.79 Å². The zero-order valence-corrected chi connectivity index (χ0v) is 15.5. The SMILES string of the molecule is COc1ccc(C(C)N(C)C(=O)COc2ccc3ccc(=O)oc3c2)cc1. The summed E-state index contributed by atoms with van der Waals surface area (Å²) in [4.78, 5) is 25.4. The fourth-order valence-electron chi connectivity index (χ4n) is 2.70. The summed E-state index contributed by atoms with van der Waals surface area (Å²) in [5.74, 6) is 1.08. The lowest BCUT2D eigenvalue weighted by Crippen LogP contribution is -2.33. The molecule has 27 heavy (non-hydrogen) atoms. The van der Waals surface area contributed by atoms with E-state index in [0.717, 1.165) is 16.7 Å². The number of hydrogen-bond donors (Lipinski definition) is 0. The van der Waals surface area contributed by atoms with Crippen LogP contribution in [0.15, 0.2) is 63.8 Å². The molecule has 1 amide bonds. The summed E-state index contributed by atoms with van der Waals surface area (Å²) in [6.07, 6.45) is 0. The van der Waals surface area contributed by atoms with Crippen LogP contribution in [0, 0.1) is 0 Å². The molecule has 6 heteroatoms. The van der Waals surface area contributed by atoms with Gasteiger partial charge < -0.3 is 18.8 Å². The van der Waals surface area contributed by atoms with E-state index in [1.165, 1.54) is 6.07 Å². The molecule has 0 spiro atoms. The number of fused-ring (bicyclic) bond motifs is 1. The number of methoxy groups -OCH3 is 1. The molecule has 0 bridgehead atoms. The maximum absolute atomic E-state index is 12.5. The first-order chi connectivity index (χ1) is 13.0. The minimum Gasteiger partial charge on any atom is -0.497 e. The van der Waals surface area contributed by atoms with Gasteiger partial charge in [0.25, 0.3) is 5.91 Å². The van der Waals surface area contributed by atoms with Crippen LogP contribution >= 0.6 is 0 Å². The first-order valence-corrected chi connectivity index (χ1v) is 8.54. The normalized spacial score (nSPS) is 11.8. The Balaban J connectivity index is 1.64. The highest BCUT2D eigenvalue weighted by Crippen LogP contribution is 2.23. The van der Waals surface area contributed by atoms with E-state index in [4.69, 9.17) is 13.9 Å². The van der Waals surface area contributed by atoms with Gasteiger partial charge in [0.15, 0.2) is 6.61 Å². The van der Waals surface area contributed by atoms with E-state index in [1.807, 2.05) is 31.2 Å². The van der Waals surface area contributed by atoms with Gasteiger partial charge >= 0.3 is 5.63 Å². The maximum Gasteiger partial charge on any atom is 0.336 e. The Labute approximate surface area is 156 Å². The molecule has 0 saturated carbocycles. The minimum absolute atomic E-state index is 0.110. The van der Waals surface area contributed by atoms with Gasteiger partial charge in [0.1, 0.15) is 17.1 Å². The van der Waals surface area contributed by atoms with Gasteiger partial charge in [-0.2, -0.15) is 0 Å². The van der Waals surface area contributed by atoms with Crippen molar-refractivity contribution in [1.82, 2.24) is 4.90 Å². The van der Waals surface area contributed by atoms with Crippen LogP contribution in [0.4, 0.5) is 0 Å². The van der Waals surface area contributed by atoms with Gasteiger partial charge in [-0.25, -0.2) is 4.79 Å². The molecule has 3 aromatic rings. The number of likely N-dealkylation sites (N-methyl/N-ethyl adjacent to an activating group) is 1. The maximum atomic E-state index is 12.5. The van der Waals surface area contributed by atoms with Gasteiger partial charge in [0, 0.05) is 24.6 Å². The van der Waals surface area contributed by atoms with Crippen LogP contribution in [0.5, 0.6) is 11.5 Å². The Bertz CT molecular complexity index is 993. The van der Waals surface area contributed by atoms with Gasteiger partial charge in [-0.15, -0.1) is 0 Å². The van der Waals surface area contributed by atoms with Crippen LogP contribution in [0.3, 0.4) is 0 Å². The Morgan fingerprint density at radius 2 is 1.74 bits per heavy atom. The smallest absolute Gasteiger partial charge is 0.336 e. The molecule has 0 radical (unpaired) electrons. The van der Waals surface area contributed by atoms with Crippen LogP contribution in [0.1, 0.15) is 18.5 Å².